The minimum absolute atomic E-state index is 0.00977. The van der Waals surface area contributed by atoms with Crippen LogP contribution in [-0.4, -0.2) is 0 Å². The van der Waals surface area contributed by atoms with Crippen molar-refractivity contribution in [3.8, 4) is 0 Å². The third-order valence-electron chi connectivity index (χ3n) is 1.97. The molecule has 0 rings (SSSR count). The smallest absolute Gasteiger partial charge is 0.000722 e. The Labute approximate surface area is 199 Å². The van der Waals surface area contributed by atoms with Crippen LogP contribution in [0, 0.1) is 0 Å². The molecule has 0 saturated heterocycles. The van der Waals surface area contributed by atoms with Crippen LogP contribution in [-0.2, 0) is 0 Å². The molecule has 0 aromatic carbocycles. The fraction of sp³-hybridized carbons (Fsp3) is 0. The Kier molecular flexibility index (Phi) is 28.3. The van der Waals surface area contributed by atoms with E-state index in [1.54, 1.807) is 0 Å². The molecule has 0 aromatic rings. The van der Waals surface area contributed by atoms with Crippen molar-refractivity contribution in [1.29, 1.82) is 0 Å². The largest absolute Gasteiger partial charge is 0.553 e. The zero-order valence-electron chi connectivity index (χ0n) is 12.7. The van der Waals surface area contributed by atoms with E-state index >= 15 is 0 Å². The highest BCUT2D eigenvalue weighted by atomic mass is 33.5. The van der Waals surface area contributed by atoms with Crippen LogP contribution in [0.1, 0.15) is 0 Å². The van der Waals surface area contributed by atoms with Gasteiger partial charge in [0, 0.05) is 0 Å². The van der Waals surface area contributed by atoms with Crippen LogP contribution in [0.15, 0.2) is 0 Å². The predicted molar refractivity (Wildman–Crippen MR) is 206 cm³/mol. The van der Waals surface area contributed by atoms with Crippen molar-refractivity contribution in [3.63, 3.8) is 0 Å². The summed E-state index contributed by atoms with van der Waals surface area (Å²) >= 11 is 0. The Morgan fingerprint density at radius 3 is 0.920 bits per heavy atom. The number of hydrogen-bond donors (Lipinski definition) is 0. The quantitative estimate of drug-likeness (QED) is 0.183. The van der Waals surface area contributed by atoms with Crippen LogP contribution in [0.3, 0.4) is 0 Å². The van der Waals surface area contributed by atoms with Crippen LogP contribution in [0.4, 0.5) is 0 Å². The lowest BCUT2D eigenvalue weighted by atomic mass is 28.5. The van der Waals surface area contributed by atoms with Crippen molar-refractivity contribution >= 4 is 201 Å². The lowest BCUT2D eigenvalue weighted by Gasteiger charge is -2.54. The van der Waals surface area contributed by atoms with Gasteiger partial charge in [0.15, 0.2) is 0 Å². The topological polar surface area (TPSA) is 0 Å². The summed E-state index contributed by atoms with van der Waals surface area (Å²) in [6.45, 7) is -0.223. The lowest BCUT2D eigenvalue weighted by Crippen LogP contribution is -1.60. The van der Waals surface area contributed by atoms with Gasteiger partial charge in [-0.3, -0.25) is 7.96 Å². The van der Waals surface area contributed by atoms with E-state index in [2.05, 4.69) is 116 Å². The summed E-state index contributed by atoms with van der Waals surface area (Å²) in [5.41, 5.74) is 0. The first-order chi connectivity index (χ1) is 11.4. The van der Waals surface area contributed by atoms with E-state index in [-0.39, 0.29) is 76.9 Å². The molecule has 13 atom stereocenters. The fourth-order valence-corrected chi connectivity index (χ4v) is 307. The molecule has 0 fully saturated rings. The van der Waals surface area contributed by atoms with Gasteiger partial charge in [0.25, 0.3) is 0 Å². The third-order valence-corrected chi connectivity index (χ3v) is 160. The van der Waals surface area contributed by atoms with Crippen molar-refractivity contribution in [2.75, 3.05) is 0 Å². The van der Waals surface area contributed by atoms with E-state index in [4.69, 9.17) is 0 Å². The van der Waals surface area contributed by atoms with E-state index in [9.17, 15) is 0 Å². The van der Waals surface area contributed by atoms with Gasteiger partial charge in [-0.1, -0.05) is 0 Å². The van der Waals surface area contributed by atoms with Crippen LogP contribution in [0.5, 0.6) is 0 Å². The minimum atomic E-state index is -0.226. The molecule has 0 aliphatic carbocycles. The Balaban J connectivity index is 6.38. The molecule has 0 nitrogen and oxygen atoms in total. The molecule has 25 heavy (non-hydrogen) atoms. The highest BCUT2D eigenvalue weighted by Crippen LogP contribution is 3.34. The molecule has 25 heteroatoms. The van der Waals surface area contributed by atoms with Gasteiger partial charge in [-0.25, -0.2) is 0 Å². The van der Waals surface area contributed by atoms with Gasteiger partial charge in [-0.2, -0.15) is 0 Å². The van der Waals surface area contributed by atoms with E-state index < -0.39 is 0 Å². The Bertz CT molecular complexity index is 298. The molecule has 13 unspecified atom stereocenters. The lowest BCUT2D eigenvalue weighted by molar-refractivity contribution is 4.45. The molecule has 0 aromatic heterocycles. The van der Waals surface area contributed by atoms with Gasteiger partial charge in [0.05, 0.1) is 0 Å². The standard InChI is InChI=1S/H24P25/c1-14-21(15(2)3)24(20(12)13)25(22(16(4)5)17(6)7)23(18(8)9)19(10)11/h1-3,14H,4-13H2/q-3. The molecular weight excluding hydrogens is 774 g/mol. The highest BCUT2D eigenvalue weighted by molar-refractivity contribution is 9.40. The first-order valence-corrected chi connectivity index (χ1v) is 49.5. The van der Waals surface area contributed by atoms with Gasteiger partial charge in [-0.15, -0.1) is 96.3 Å². The van der Waals surface area contributed by atoms with E-state index in [0.717, 1.165) is 7.96 Å². The molecule has 152 valence electrons. The summed E-state index contributed by atoms with van der Waals surface area (Å²) < 4.78 is 0. The summed E-state index contributed by atoms with van der Waals surface area (Å²) in [6.07, 6.45) is 0. The van der Waals surface area contributed by atoms with Gasteiger partial charge in [-0.05, 0) is 62.9 Å². The molecule has 0 N–H and O–H groups in total. The number of hydrogen-bond acceptors (Lipinski definition) is 0. The highest BCUT2D eigenvalue weighted by Gasteiger charge is 2.44. The Morgan fingerprint density at radius 2 is 0.760 bits per heavy atom. The minimum Gasteiger partial charge on any atom is -0.553 e. The molecule has 0 amide bonds. The Morgan fingerprint density at radius 1 is 0.480 bits per heavy atom. The molecule has 0 saturated carbocycles. The molecule has 0 aliphatic heterocycles. The number of rotatable bonds is 11. The predicted octanol–water partition coefficient (Wildman–Crippen LogP) is 15.1. The van der Waals surface area contributed by atoms with Crippen LogP contribution in [0.2, 0.25) is 0 Å². The maximum atomic E-state index is 4.04. The monoisotopic (exact) mass is 799 g/mol. The third kappa shape index (κ3) is 13.4. The maximum Gasteiger partial charge on any atom is -0.000722 e. The van der Waals surface area contributed by atoms with Crippen molar-refractivity contribution in [1.82, 2.24) is 0 Å². The van der Waals surface area contributed by atoms with E-state index in [0.29, 0.717) is 0 Å². The molecule has 0 spiro atoms. The summed E-state index contributed by atoms with van der Waals surface area (Å²) in [4.78, 5) is 0. The van der Waals surface area contributed by atoms with E-state index in [1.807, 2.05) is 0 Å². The zero-order chi connectivity index (χ0) is 20.1. The molecular formula is H24P25-3. The second kappa shape index (κ2) is 19.8. The fourth-order valence-electron chi connectivity index (χ4n) is 1.26. The summed E-state index contributed by atoms with van der Waals surface area (Å²) in [6, 6.07) is 0. The van der Waals surface area contributed by atoms with Gasteiger partial charge >= 0.3 is 0 Å². The van der Waals surface area contributed by atoms with Crippen LogP contribution < -0.4 is 0 Å². The summed E-state index contributed by atoms with van der Waals surface area (Å²) in [5.74, 6) is 0. The summed E-state index contributed by atoms with van der Waals surface area (Å²) in [5, 5.41) is 0. The molecule has 0 bridgehead atoms. The van der Waals surface area contributed by atoms with Crippen molar-refractivity contribution in [3.05, 3.63) is 0 Å². The molecule has 0 aliphatic rings. The van der Waals surface area contributed by atoms with Crippen LogP contribution >= 0.6 is 201 Å². The van der Waals surface area contributed by atoms with E-state index in [1.165, 1.54) is 0 Å². The zero-order valence-corrected chi connectivity index (χ0v) is 38.1. The van der Waals surface area contributed by atoms with Gasteiger partial charge in [0.1, 0.15) is 0 Å². The first-order valence-electron chi connectivity index (χ1n) is 5.50. The van der Waals surface area contributed by atoms with Gasteiger partial charge in [0.2, 0.25) is 0 Å². The second-order valence-corrected chi connectivity index (χ2v) is 99.5. The summed E-state index contributed by atoms with van der Waals surface area (Å²) in [7, 11) is 45.1. The normalized spacial score (nSPS) is 16.6. The van der Waals surface area contributed by atoms with Crippen molar-refractivity contribution in [2.45, 2.75) is 0 Å². The molecule has 0 radical (unpaired) electrons. The van der Waals surface area contributed by atoms with Crippen molar-refractivity contribution < 1.29 is 0 Å². The SMILES string of the molecule is [PH-]PP(P([PH-])[PH-])P(P(P)P)P(P(P(P)P)P(P)P)P(P(P)P)P(P)P. The van der Waals surface area contributed by atoms with Crippen LogP contribution in [0.25, 0.3) is 0 Å². The average Bonchev–Trinajstić information content (AvgIpc) is 2.41. The molecule has 0 heterocycles. The van der Waals surface area contributed by atoms with Crippen molar-refractivity contribution in [2.24, 2.45) is 0 Å². The second-order valence-electron chi connectivity index (χ2n) is 3.69. The van der Waals surface area contributed by atoms with Gasteiger partial charge < -0.3 is 33.8 Å². The first kappa shape index (κ1) is 35.8. The average molecular weight is 799 g/mol. The maximum absolute atomic E-state index is 4.04. The Hall–Kier alpha value is 10.7.